The summed E-state index contributed by atoms with van der Waals surface area (Å²) in [5, 5.41) is 17.4. The monoisotopic (exact) mass is 354 g/mol. The molecule has 0 aromatic heterocycles. The lowest BCUT2D eigenvalue weighted by molar-refractivity contribution is -0.384. The van der Waals surface area contributed by atoms with Crippen LogP contribution in [0, 0.1) is 10.1 Å². The van der Waals surface area contributed by atoms with Crippen molar-refractivity contribution >= 4 is 40.5 Å². The maximum Gasteiger partial charge on any atom is 0.288 e. The van der Waals surface area contributed by atoms with Gasteiger partial charge in [-0.05, 0) is 30.8 Å². The van der Waals surface area contributed by atoms with Crippen molar-refractivity contribution in [3.8, 4) is 0 Å². The minimum absolute atomic E-state index is 0.0384. The summed E-state index contributed by atoms with van der Waals surface area (Å²) in [5.41, 5.74) is 1.37. The molecule has 1 aromatic rings. The summed E-state index contributed by atoms with van der Waals surface area (Å²) in [6.07, 6.45) is 0. The van der Waals surface area contributed by atoms with E-state index in [1.54, 1.807) is 27.1 Å². The van der Waals surface area contributed by atoms with Crippen molar-refractivity contribution in [2.24, 2.45) is 0 Å². The number of nitrogens with zero attached hydrogens (tertiary/aromatic N) is 2. The van der Waals surface area contributed by atoms with Crippen LogP contribution in [0.3, 0.4) is 0 Å². The zero-order valence-electron chi connectivity index (χ0n) is 12.7. The van der Waals surface area contributed by atoms with E-state index in [1.807, 2.05) is 0 Å². The number of benzene rings is 1. The molecule has 1 aliphatic heterocycles. The number of hydrogen-bond acceptors (Lipinski definition) is 4. The van der Waals surface area contributed by atoms with Crippen molar-refractivity contribution in [3.05, 3.63) is 50.2 Å². The van der Waals surface area contributed by atoms with Gasteiger partial charge in [-0.2, -0.15) is 0 Å². The fourth-order valence-electron chi connectivity index (χ4n) is 2.32. The molecule has 2 N–H and O–H groups in total. The molecule has 0 saturated heterocycles. The second kappa shape index (κ2) is 6.51. The highest BCUT2D eigenvalue weighted by Crippen LogP contribution is 2.33. The smallest absolute Gasteiger partial charge is 0.288 e. The summed E-state index contributed by atoms with van der Waals surface area (Å²) in [6.45, 7) is 1.74. The quantitative estimate of drug-likeness (QED) is 0.491. The molecule has 0 fully saturated rings. The summed E-state index contributed by atoms with van der Waals surface area (Å²) in [6, 6.07) is 3.84. The Balaban J connectivity index is 2.57. The maximum absolute atomic E-state index is 12.5. The van der Waals surface area contributed by atoms with Gasteiger partial charge in [0.2, 0.25) is 0 Å². The molecule has 122 valence electrons. The Hall–Kier alpha value is -2.19. The zero-order chi connectivity index (χ0) is 17.3. The molecule has 1 heterocycles. The fraction of sp³-hybridized carbons (Fsp3) is 0.286. The number of nitrogens with one attached hydrogen (secondary N) is 2. The normalized spacial score (nSPS) is 17.4. The SMILES string of the molecule is CC1=C(C(=O)N(C)C)[C@H](c2ccc(Cl)c([N+](=O)[O-])c2)NC(=S)N1. The molecule has 9 heteroatoms. The van der Waals surface area contributed by atoms with Gasteiger partial charge >= 0.3 is 0 Å². The standard InChI is InChI=1S/C14H15ClN4O3S/c1-7-11(13(20)18(2)3)12(17-14(23)16-7)8-4-5-9(15)10(6-8)19(21)22/h4-6,12H,1-3H3,(H2,16,17,23)/t12-/m0/s1. The van der Waals surface area contributed by atoms with Crippen molar-refractivity contribution in [1.29, 1.82) is 0 Å². The Bertz CT molecular complexity index is 733. The number of allylic oxidation sites excluding steroid dienone is 1. The fourth-order valence-corrected chi connectivity index (χ4v) is 2.77. The highest BCUT2D eigenvalue weighted by Gasteiger charge is 2.31. The molecule has 1 amide bonds. The van der Waals surface area contributed by atoms with Crippen molar-refractivity contribution < 1.29 is 9.72 Å². The molecular weight excluding hydrogens is 340 g/mol. The topological polar surface area (TPSA) is 87.5 Å². The van der Waals surface area contributed by atoms with Crippen LogP contribution in [0.4, 0.5) is 5.69 Å². The molecule has 1 atom stereocenters. The Morgan fingerprint density at radius 3 is 2.65 bits per heavy atom. The van der Waals surface area contributed by atoms with Crippen LogP contribution in [0.1, 0.15) is 18.5 Å². The number of carbonyl (C=O) groups is 1. The third-order valence-corrected chi connectivity index (χ3v) is 3.95. The van der Waals surface area contributed by atoms with Gasteiger partial charge in [0.15, 0.2) is 5.11 Å². The first-order valence-electron chi connectivity index (χ1n) is 6.66. The molecule has 23 heavy (non-hydrogen) atoms. The van der Waals surface area contributed by atoms with Crippen LogP contribution >= 0.6 is 23.8 Å². The second-order valence-corrected chi connectivity index (χ2v) is 6.05. The van der Waals surface area contributed by atoms with Gasteiger partial charge < -0.3 is 15.5 Å². The van der Waals surface area contributed by atoms with E-state index < -0.39 is 11.0 Å². The van der Waals surface area contributed by atoms with Gasteiger partial charge in [0.05, 0.1) is 16.5 Å². The van der Waals surface area contributed by atoms with Crippen LogP contribution < -0.4 is 10.6 Å². The predicted octanol–water partition coefficient (Wildman–Crippen LogP) is 2.13. The van der Waals surface area contributed by atoms with E-state index in [0.717, 1.165) is 0 Å². The van der Waals surface area contributed by atoms with E-state index in [1.165, 1.54) is 17.0 Å². The lowest BCUT2D eigenvalue weighted by atomic mass is 9.94. The van der Waals surface area contributed by atoms with Crippen LogP contribution in [0.15, 0.2) is 29.5 Å². The molecule has 0 spiro atoms. The summed E-state index contributed by atoms with van der Waals surface area (Å²) >= 11 is 11.0. The van der Waals surface area contributed by atoms with E-state index >= 15 is 0 Å². The number of nitro benzene ring substituents is 1. The van der Waals surface area contributed by atoms with Crippen molar-refractivity contribution in [2.75, 3.05) is 14.1 Å². The second-order valence-electron chi connectivity index (χ2n) is 5.24. The number of thiocarbonyl (C=S) groups is 1. The average Bonchev–Trinajstić information content (AvgIpc) is 2.45. The molecule has 0 aliphatic carbocycles. The van der Waals surface area contributed by atoms with E-state index in [9.17, 15) is 14.9 Å². The lowest BCUT2D eigenvalue weighted by Crippen LogP contribution is -2.46. The van der Waals surface area contributed by atoms with Crippen molar-refractivity contribution in [2.45, 2.75) is 13.0 Å². The molecule has 1 aromatic carbocycles. The third-order valence-electron chi connectivity index (χ3n) is 3.41. The first kappa shape index (κ1) is 17.2. The summed E-state index contributed by atoms with van der Waals surface area (Å²) in [5.74, 6) is -0.215. The minimum Gasteiger partial charge on any atom is -0.351 e. The predicted molar refractivity (Wildman–Crippen MR) is 91.1 cm³/mol. The highest BCUT2D eigenvalue weighted by molar-refractivity contribution is 7.80. The summed E-state index contributed by atoms with van der Waals surface area (Å²) in [7, 11) is 3.27. The highest BCUT2D eigenvalue weighted by atomic mass is 35.5. The van der Waals surface area contributed by atoms with Gasteiger partial charge in [-0.1, -0.05) is 17.7 Å². The first-order valence-corrected chi connectivity index (χ1v) is 7.44. The van der Waals surface area contributed by atoms with E-state index in [2.05, 4.69) is 10.6 Å². The Kier molecular flexibility index (Phi) is 4.86. The first-order chi connectivity index (χ1) is 10.7. The molecule has 0 bridgehead atoms. The summed E-state index contributed by atoms with van der Waals surface area (Å²) < 4.78 is 0. The maximum atomic E-state index is 12.5. The van der Waals surface area contributed by atoms with Gasteiger partial charge in [0.1, 0.15) is 5.02 Å². The van der Waals surface area contributed by atoms with Crippen molar-refractivity contribution in [1.82, 2.24) is 15.5 Å². The van der Waals surface area contributed by atoms with E-state index in [4.69, 9.17) is 23.8 Å². The van der Waals surface area contributed by atoms with Gasteiger partial charge in [-0.15, -0.1) is 0 Å². The molecule has 0 radical (unpaired) electrons. The molecule has 0 unspecified atom stereocenters. The van der Waals surface area contributed by atoms with Gasteiger partial charge in [0, 0.05) is 25.9 Å². The number of likely N-dealkylation sites (N-methyl/N-ethyl adjacent to an activating group) is 1. The van der Waals surface area contributed by atoms with Crippen molar-refractivity contribution in [3.63, 3.8) is 0 Å². The number of halogens is 1. The van der Waals surface area contributed by atoms with Gasteiger partial charge in [0.25, 0.3) is 11.6 Å². The Morgan fingerprint density at radius 1 is 1.43 bits per heavy atom. The van der Waals surface area contributed by atoms with Crippen LogP contribution in [0.2, 0.25) is 5.02 Å². The van der Waals surface area contributed by atoms with Crippen LogP contribution in [-0.2, 0) is 4.79 Å². The lowest BCUT2D eigenvalue weighted by Gasteiger charge is -2.31. The number of amides is 1. The number of rotatable bonds is 3. The third kappa shape index (κ3) is 3.43. The Morgan fingerprint density at radius 2 is 2.09 bits per heavy atom. The van der Waals surface area contributed by atoms with Crippen LogP contribution in [0.5, 0.6) is 0 Å². The number of nitro groups is 1. The largest absolute Gasteiger partial charge is 0.351 e. The van der Waals surface area contributed by atoms with Crippen LogP contribution in [0.25, 0.3) is 0 Å². The van der Waals surface area contributed by atoms with E-state index in [-0.39, 0.29) is 16.6 Å². The molecule has 0 saturated carbocycles. The molecule has 1 aliphatic rings. The number of hydrogen-bond donors (Lipinski definition) is 2. The van der Waals surface area contributed by atoms with Gasteiger partial charge in [-0.3, -0.25) is 14.9 Å². The summed E-state index contributed by atoms with van der Waals surface area (Å²) in [4.78, 5) is 24.4. The number of carbonyl (C=O) groups excluding carboxylic acids is 1. The molecular formula is C14H15ClN4O3S. The van der Waals surface area contributed by atoms with E-state index in [0.29, 0.717) is 21.9 Å². The molecule has 2 rings (SSSR count). The Labute approximate surface area is 143 Å². The average molecular weight is 355 g/mol. The zero-order valence-corrected chi connectivity index (χ0v) is 14.3. The molecule has 7 nitrogen and oxygen atoms in total. The van der Waals surface area contributed by atoms with Gasteiger partial charge in [-0.25, -0.2) is 0 Å². The minimum atomic E-state index is -0.588. The van der Waals surface area contributed by atoms with Crippen LogP contribution in [-0.4, -0.2) is 34.9 Å².